The maximum atomic E-state index is 13.0. The van der Waals surface area contributed by atoms with Crippen LogP contribution in [0, 0.1) is 5.92 Å². The Morgan fingerprint density at radius 1 is 1.31 bits per heavy atom. The Morgan fingerprint density at radius 3 is 2.72 bits per heavy atom. The van der Waals surface area contributed by atoms with Gasteiger partial charge in [-0.2, -0.15) is 9.97 Å². The van der Waals surface area contributed by atoms with Gasteiger partial charge < -0.3 is 39.5 Å². The number of hydrogen-bond donors (Lipinski definition) is 5. The summed E-state index contributed by atoms with van der Waals surface area (Å²) in [5, 5.41) is 24.2. The summed E-state index contributed by atoms with van der Waals surface area (Å²) in [6, 6.07) is -1.09. The standard InChI is InChI=1S/C17H24ClN6O7P/c1-23-3-2-8(4-23)20-15-10-16(22-17(18)21-15)24(6-19-10)11-12(25)9(13(26)14(11)27)5-31-7-32(28,29)30/h6,8-9,11,13-14,26-27H,2-5,7H2,1H3,(H,20,21,22)(H2,28,29,30)/t8?,9-,11-,13-,14+/m0/s1. The second kappa shape index (κ2) is 8.92. The third-order valence-electron chi connectivity index (χ3n) is 5.73. The zero-order valence-electron chi connectivity index (χ0n) is 17.1. The van der Waals surface area contributed by atoms with Crippen molar-refractivity contribution in [1.29, 1.82) is 0 Å². The molecule has 1 saturated carbocycles. The number of aromatic nitrogens is 4. The fourth-order valence-electron chi connectivity index (χ4n) is 4.20. The van der Waals surface area contributed by atoms with E-state index in [1.807, 2.05) is 7.05 Å². The summed E-state index contributed by atoms with van der Waals surface area (Å²) in [5.41, 5.74) is 0.569. The molecule has 1 aliphatic heterocycles. The van der Waals surface area contributed by atoms with Crippen LogP contribution in [-0.2, 0) is 14.1 Å². The number of likely N-dealkylation sites (tertiary alicyclic amines) is 1. The lowest BCUT2D eigenvalue weighted by Crippen LogP contribution is -2.31. The molecule has 3 heterocycles. The molecule has 4 rings (SSSR count). The van der Waals surface area contributed by atoms with Crippen molar-refractivity contribution in [1.82, 2.24) is 24.4 Å². The summed E-state index contributed by atoms with van der Waals surface area (Å²) in [7, 11) is -2.42. The van der Waals surface area contributed by atoms with Gasteiger partial charge in [-0.25, -0.2) is 4.98 Å². The van der Waals surface area contributed by atoms with Crippen LogP contribution < -0.4 is 5.32 Å². The average Bonchev–Trinajstić information content (AvgIpc) is 3.35. The second-order valence-corrected chi connectivity index (χ2v) is 10.1. The van der Waals surface area contributed by atoms with Gasteiger partial charge in [-0.1, -0.05) is 0 Å². The van der Waals surface area contributed by atoms with E-state index in [1.165, 1.54) is 10.9 Å². The molecule has 0 amide bonds. The highest BCUT2D eigenvalue weighted by Crippen LogP contribution is 2.37. The summed E-state index contributed by atoms with van der Waals surface area (Å²) >= 11 is 6.11. The number of nitrogens with zero attached hydrogens (tertiary/aromatic N) is 5. The maximum Gasteiger partial charge on any atom is 0.350 e. The van der Waals surface area contributed by atoms with Gasteiger partial charge in [-0.15, -0.1) is 0 Å². The molecule has 2 fully saturated rings. The normalized spacial score (nSPS) is 29.3. The molecule has 1 saturated heterocycles. The first-order valence-corrected chi connectivity index (χ1v) is 12.1. The van der Waals surface area contributed by atoms with E-state index in [0.29, 0.717) is 11.3 Å². The van der Waals surface area contributed by atoms with Gasteiger partial charge in [-0.3, -0.25) is 9.36 Å². The van der Waals surface area contributed by atoms with Crippen LogP contribution in [0.3, 0.4) is 0 Å². The van der Waals surface area contributed by atoms with Gasteiger partial charge in [0.1, 0.15) is 18.5 Å². The molecule has 2 aromatic rings. The number of nitrogens with one attached hydrogen (secondary N) is 1. The van der Waals surface area contributed by atoms with E-state index in [-0.39, 0.29) is 17.0 Å². The smallest absolute Gasteiger partial charge is 0.350 e. The Morgan fingerprint density at radius 2 is 2.06 bits per heavy atom. The van der Waals surface area contributed by atoms with Crippen molar-refractivity contribution in [2.75, 3.05) is 38.4 Å². The van der Waals surface area contributed by atoms with Crippen molar-refractivity contribution in [3.63, 3.8) is 0 Å². The van der Waals surface area contributed by atoms with E-state index in [2.05, 4.69) is 25.2 Å². The molecular formula is C17H24ClN6O7P. The molecule has 15 heteroatoms. The number of anilines is 1. The minimum atomic E-state index is -4.44. The number of carbonyl (C=O) groups is 1. The van der Waals surface area contributed by atoms with Crippen molar-refractivity contribution in [2.45, 2.75) is 30.7 Å². The highest BCUT2D eigenvalue weighted by atomic mass is 35.5. The van der Waals surface area contributed by atoms with Crippen molar-refractivity contribution >= 4 is 42.0 Å². The van der Waals surface area contributed by atoms with E-state index >= 15 is 0 Å². The number of Topliss-reactive ketones (excluding diaryl/α,β-unsaturated/α-hetero) is 1. The van der Waals surface area contributed by atoms with Crippen LogP contribution in [0.4, 0.5) is 5.82 Å². The van der Waals surface area contributed by atoms with E-state index in [0.717, 1.165) is 19.5 Å². The van der Waals surface area contributed by atoms with Crippen LogP contribution in [0.25, 0.3) is 11.2 Å². The molecule has 0 radical (unpaired) electrons. The number of carbonyl (C=O) groups excluding carboxylic acids is 1. The zero-order valence-corrected chi connectivity index (χ0v) is 18.7. The molecule has 13 nitrogen and oxygen atoms in total. The number of likely N-dealkylation sites (N-methyl/N-ethyl adjacent to an activating group) is 1. The lowest BCUT2D eigenvalue weighted by Gasteiger charge is -2.17. The molecule has 1 aliphatic carbocycles. The quantitative estimate of drug-likeness (QED) is 0.241. The predicted molar refractivity (Wildman–Crippen MR) is 112 cm³/mol. The number of rotatable bonds is 7. The number of ether oxygens (including phenoxy) is 1. The number of halogens is 1. The van der Waals surface area contributed by atoms with Crippen molar-refractivity contribution < 1.29 is 34.1 Å². The summed E-state index contributed by atoms with van der Waals surface area (Å²) < 4.78 is 17.2. The molecular weight excluding hydrogens is 467 g/mol. The lowest BCUT2D eigenvalue weighted by molar-refractivity contribution is -0.126. The van der Waals surface area contributed by atoms with Crippen LogP contribution in [-0.4, -0.2) is 102 Å². The highest BCUT2D eigenvalue weighted by Gasteiger charge is 2.50. The van der Waals surface area contributed by atoms with Crippen LogP contribution in [0.2, 0.25) is 5.28 Å². The summed E-state index contributed by atoms with van der Waals surface area (Å²) in [4.78, 5) is 45.6. The number of aliphatic hydroxyl groups excluding tert-OH is 2. The Hall–Kier alpha value is -1.70. The Bertz CT molecular complexity index is 1060. The number of fused-ring (bicyclic) bond motifs is 1. The minimum Gasteiger partial charge on any atom is -0.389 e. The van der Waals surface area contributed by atoms with Gasteiger partial charge >= 0.3 is 7.60 Å². The molecule has 0 spiro atoms. The molecule has 1 unspecified atom stereocenters. The average molecular weight is 491 g/mol. The van der Waals surface area contributed by atoms with Gasteiger partial charge in [0.15, 0.2) is 22.8 Å². The monoisotopic (exact) mass is 490 g/mol. The molecule has 2 aromatic heterocycles. The summed E-state index contributed by atoms with van der Waals surface area (Å²) in [5.74, 6) is -1.35. The topological polar surface area (TPSA) is 183 Å². The third-order valence-corrected chi connectivity index (χ3v) is 6.41. The predicted octanol–water partition coefficient (Wildman–Crippen LogP) is -0.791. The number of imidazole rings is 1. The number of ketones is 1. The first kappa shape index (κ1) is 23.5. The molecule has 176 valence electrons. The molecule has 2 aliphatic rings. The number of hydrogen-bond acceptors (Lipinski definition) is 10. The Labute approximate surface area is 187 Å². The second-order valence-electron chi connectivity index (χ2n) is 8.16. The summed E-state index contributed by atoms with van der Waals surface area (Å²) in [6.07, 6.45) is -1.67. The van der Waals surface area contributed by atoms with Gasteiger partial charge in [0.2, 0.25) is 5.28 Å². The van der Waals surface area contributed by atoms with Crippen LogP contribution in [0.15, 0.2) is 6.33 Å². The Kier molecular flexibility index (Phi) is 6.54. The molecule has 5 atom stereocenters. The first-order valence-electron chi connectivity index (χ1n) is 9.92. The first-order chi connectivity index (χ1) is 15.0. The molecule has 0 aromatic carbocycles. The van der Waals surface area contributed by atoms with Gasteiger partial charge in [0.25, 0.3) is 0 Å². The third kappa shape index (κ3) is 4.66. The zero-order chi connectivity index (χ0) is 23.2. The molecule has 5 N–H and O–H groups in total. The number of aliphatic hydroxyl groups is 2. The largest absolute Gasteiger partial charge is 0.389 e. The highest BCUT2D eigenvalue weighted by molar-refractivity contribution is 7.51. The van der Waals surface area contributed by atoms with Crippen LogP contribution in [0.5, 0.6) is 0 Å². The molecule has 32 heavy (non-hydrogen) atoms. The van der Waals surface area contributed by atoms with E-state index < -0.39 is 50.5 Å². The van der Waals surface area contributed by atoms with Gasteiger partial charge in [0.05, 0.1) is 25.0 Å². The van der Waals surface area contributed by atoms with Crippen LogP contribution >= 0.6 is 19.2 Å². The lowest BCUT2D eigenvalue weighted by atomic mass is 10.1. The Balaban J connectivity index is 1.60. The van der Waals surface area contributed by atoms with E-state index in [4.69, 9.17) is 26.1 Å². The van der Waals surface area contributed by atoms with Crippen molar-refractivity contribution in [3.05, 3.63) is 11.6 Å². The SMILES string of the molecule is CN1CCC(Nc2nc(Cl)nc3c2ncn3[C@H]2C(=O)[C@H](COCP(=O)(O)O)[C@H](O)[C@@H]2O)C1. The summed E-state index contributed by atoms with van der Waals surface area (Å²) in [6.45, 7) is 1.29. The van der Waals surface area contributed by atoms with Gasteiger partial charge in [-0.05, 0) is 31.6 Å². The van der Waals surface area contributed by atoms with E-state index in [9.17, 15) is 19.6 Å². The van der Waals surface area contributed by atoms with E-state index in [1.54, 1.807) is 0 Å². The van der Waals surface area contributed by atoms with Crippen molar-refractivity contribution in [3.8, 4) is 0 Å². The fourth-order valence-corrected chi connectivity index (χ4v) is 4.71. The fraction of sp³-hybridized carbons (Fsp3) is 0.647. The van der Waals surface area contributed by atoms with Crippen molar-refractivity contribution in [2.24, 2.45) is 5.92 Å². The van der Waals surface area contributed by atoms with Gasteiger partial charge in [0, 0.05) is 12.6 Å². The maximum absolute atomic E-state index is 13.0. The minimum absolute atomic E-state index is 0.0740. The van der Waals surface area contributed by atoms with Crippen LogP contribution in [0.1, 0.15) is 12.5 Å². The molecule has 0 bridgehead atoms.